The quantitative estimate of drug-likeness (QED) is 0.689. The number of hydrogen-bond acceptors (Lipinski definition) is 2. The van der Waals surface area contributed by atoms with Gasteiger partial charge in [0.1, 0.15) is 4.60 Å². The first-order valence-corrected chi connectivity index (χ1v) is 5.06. The van der Waals surface area contributed by atoms with E-state index < -0.39 is 18.0 Å². The topological polar surface area (TPSA) is 50.2 Å². The normalized spacial score (nSPS) is 10.7. The van der Waals surface area contributed by atoms with Gasteiger partial charge < -0.3 is 5.11 Å². The number of rotatable bonds is 3. The molecule has 1 heterocycles. The summed E-state index contributed by atoms with van der Waals surface area (Å²) in [5.41, 5.74) is -0.784. The number of hydrogen-bond donors (Lipinski definition) is 1. The molecule has 0 bridgehead atoms. The Kier molecular flexibility index (Phi) is 3.98. The highest BCUT2D eigenvalue weighted by Crippen LogP contribution is 2.27. The van der Waals surface area contributed by atoms with Crippen LogP contribution >= 0.6 is 27.5 Å². The Morgan fingerprint density at radius 1 is 1.67 bits per heavy atom. The maximum atomic E-state index is 12.5. The Balaban J connectivity index is 3.37. The van der Waals surface area contributed by atoms with Gasteiger partial charge in [-0.1, -0.05) is 0 Å². The average Bonchev–Trinajstić information content (AvgIpc) is 2.16. The minimum atomic E-state index is -2.79. The number of pyridine rings is 1. The SMILES string of the molecule is O=C(O)c1cc(C(F)F)c(CCl)nc1Br. The van der Waals surface area contributed by atoms with E-state index in [9.17, 15) is 13.6 Å². The van der Waals surface area contributed by atoms with E-state index >= 15 is 0 Å². The second kappa shape index (κ2) is 4.85. The summed E-state index contributed by atoms with van der Waals surface area (Å²) >= 11 is 8.29. The van der Waals surface area contributed by atoms with E-state index in [1.807, 2.05) is 0 Å². The highest BCUT2D eigenvalue weighted by Gasteiger charge is 2.19. The summed E-state index contributed by atoms with van der Waals surface area (Å²) in [6, 6.07) is 0.877. The number of halogens is 4. The molecule has 0 saturated heterocycles. The van der Waals surface area contributed by atoms with Gasteiger partial charge in [-0.3, -0.25) is 0 Å². The van der Waals surface area contributed by atoms with Crippen LogP contribution in [0.5, 0.6) is 0 Å². The molecular weight excluding hydrogens is 295 g/mol. The van der Waals surface area contributed by atoms with Crippen LogP contribution in [0, 0.1) is 0 Å². The highest BCUT2D eigenvalue weighted by molar-refractivity contribution is 9.10. The molecule has 3 nitrogen and oxygen atoms in total. The first-order chi connectivity index (χ1) is 6.97. The van der Waals surface area contributed by atoms with Crippen LogP contribution in [-0.2, 0) is 5.88 Å². The minimum Gasteiger partial charge on any atom is -0.478 e. The molecule has 1 aromatic heterocycles. The molecular formula is C8H5BrClF2NO2. The van der Waals surface area contributed by atoms with Gasteiger partial charge in [0.2, 0.25) is 0 Å². The minimum absolute atomic E-state index is 0.00458. The van der Waals surface area contributed by atoms with Crippen molar-refractivity contribution in [2.75, 3.05) is 0 Å². The predicted molar refractivity (Wildman–Crippen MR) is 53.4 cm³/mol. The van der Waals surface area contributed by atoms with Crippen molar-refractivity contribution in [2.45, 2.75) is 12.3 Å². The van der Waals surface area contributed by atoms with Crippen LogP contribution in [0.25, 0.3) is 0 Å². The lowest BCUT2D eigenvalue weighted by molar-refractivity contribution is 0.0694. The number of alkyl halides is 3. The zero-order valence-corrected chi connectivity index (χ0v) is 9.52. The molecule has 1 aromatic rings. The molecule has 0 fully saturated rings. The van der Waals surface area contributed by atoms with Crippen LogP contribution in [0.4, 0.5) is 8.78 Å². The molecule has 0 spiro atoms. The van der Waals surface area contributed by atoms with E-state index in [2.05, 4.69) is 20.9 Å². The molecule has 1 rings (SSSR count). The van der Waals surface area contributed by atoms with Gasteiger partial charge in [-0.05, 0) is 22.0 Å². The molecule has 0 aromatic carbocycles. The van der Waals surface area contributed by atoms with Crippen molar-refractivity contribution >= 4 is 33.5 Å². The van der Waals surface area contributed by atoms with Crippen LogP contribution in [0.15, 0.2) is 10.7 Å². The third-order valence-electron chi connectivity index (χ3n) is 1.68. The standard InChI is InChI=1S/C8H5BrClF2NO2/c9-6-4(8(14)15)1-3(7(11)12)5(2-10)13-6/h1,7H,2H2,(H,14,15). The first-order valence-electron chi connectivity index (χ1n) is 3.74. The molecule has 15 heavy (non-hydrogen) atoms. The van der Waals surface area contributed by atoms with Gasteiger partial charge in [0.25, 0.3) is 6.43 Å². The maximum Gasteiger partial charge on any atom is 0.338 e. The zero-order chi connectivity index (χ0) is 11.6. The molecule has 0 radical (unpaired) electrons. The van der Waals surface area contributed by atoms with Gasteiger partial charge in [0, 0.05) is 5.56 Å². The van der Waals surface area contributed by atoms with E-state index in [-0.39, 0.29) is 21.7 Å². The van der Waals surface area contributed by atoms with Crippen molar-refractivity contribution < 1.29 is 18.7 Å². The monoisotopic (exact) mass is 299 g/mol. The van der Waals surface area contributed by atoms with Crippen molar-refractivity contribution in [1.82, 2.24) is 4.98 Å². The van der Waals surface area contributed by atoms with Gasteiger partial charge in [-0.2, -0.15) is 0 Å². The maximum absolute atomic E-state index is 12.5. The molecule has 7 heteroatoms. The molecule has 82 valence electrons. The summed E-state index contributed by atoms with van der Waals surface area (Å²) in [7, 11) is 0. The third-order valence-corrected chi connectivity index (χ3v) is 2.54. The van der Waals surface area contributed by atoms with Gasteiger partial charge in [0.05, 0.1) is 17.1 Å². The van der Waals surface area contributed by atoms with E-state index in [0.717, 1.165) is 6.07 Å². The number of aromatic nitrogens is 1. The average molecular weight is 300 g/mol. The molecule has 0 atom stereocenters. The fourth-order valence-corrected chi connectivity index (χ4v) is 1.70. The van der Waals surface area contributed by atoms with E-state index in [4.69, 9.17) is 16.7 Å². The highest BCUT2D eigenvalue weighted by atomic mass is 79.9. The third kappa shape index (κ3) is 2.63. The summed E-state index contributed by atoms with van der Waals surface area (Å²) < 4.78 is 25.0. The van der Waals surface area contributed by atoms with Crippen LogP contribution < -0.4 is 0 Å². The second-order valence-electron chi connectivity index (χ2n) is 2.60. The smallest absolute Gasteiger partial charge is 0.338 e. The van der Waals surface area contributed by atoms with E-state index in [1.54, 1.807) is 0 Å². The Labute approximate surface area is 97.2 Å². The lowest BCUT2D eigenvalue weighted by Crippen LogP contribution is -2.05. The Bertz CT molecular complexity index is 400. The van der Waals surface area contributed by atoms with Gasteiger partial charge in [0.15, 0.2) is 0 Å². The van der Waals surface area contributed by atoms with Crippen molar-refractivity contribution in [3.63, 3.8) is 0 Å². The summed E-state index contributed by atoms with van der Waals surface area (Å²) in [5, 5.41) is 8.69. The van der Waals surface area contributed by atoms with Gasteiger partial charge in [-0.25, -0.2) is 18.6 Å². The fourth-order valence-electron chi connectivity index (χ4n) is 0.988. The number of carbonyl (C=O) groups is 1. The van der Waals surface area contributed by atoms with Crippen molar-refractivity contribution in [3.8, 4) is 0 Å². The fraction of sp³-hybridized carbons (Fsp3) is 0.250. The molecule has 0 aliphatic heterocycles. The molecule has 1 N–H and O–H groups in total. The van der Waals surface area contributed by atoms with Crippen LogP contribution in [0.3, 0.4) is 0 Å². The number of carboxylic acid groups (broad SMARTS) is 1. The first kappa shape index (κ1) is 12.3. The van der Waals surface area contributed by atoms with Crippen LogP contribution in [0.1, 0.15) is 28.0 Å². The summed E-state index contributed by atoms with van der Waals surface area (Å²) in [4.78, 5) is 14.3. The lowest BCUT2D eigenvalue weighted by Gasteiger charge is -2.08. The van der Waals surface area contributed by atoms with Gasteiger partial charge in [-0.15, -0.1) is 11.6 Å². The molecule has 0 aliphatic carbocycles. The Hall–Kier alpha value is -0.750. The predicted octanol–water partition coefficient (Wildman–Crippen LogP) is 3.22. The Morgan fingerprint density at radius 3 is 2.67 bits per heavy atom. The summed E-state index contributed by atoms with van der Waals surface area (Å²) in [5.74, 6) is -1.52. The molecule has 0 saturated carbocycles. The molecule has 0 amide bonds. The van der Waals surface area contributed by atoms with E-state index in [1.165, 1.54) is 0 Å². The summed E-state index contributed by atoms with van der Waals surface area (Å²) in [6.45, 7) is 0. The lowest BCUT2D eigenvalue weighted by atomic mass is 10.1. The van der Waals surface area contributed by atoms with Crippen LogP contribution in [-0.4, -0.2) is 16.1 Å². The van der Waals surface area contributed by atoms with Gasteiger partial charge >= 0.3 is 5.97 Å². The Morgan fingerprint density at radius 2 is 2.27 bits per heavy atom. The largest absolute Gasteiger partial charge is 0.478 e. The van der Waals surface area contributed by atoms with Crippen molar-refractivity contribution in [2.24, 2.45) is 0 Å². The number of nitrogens with zero attached hydrogens (tertiary/aromatic N) is 1. The molecule has 0 aliphatic rings. The summed E-state index contributed by atoms with van der Waals surface area (Å²) in [6.07, 6.45) is -2.79. The molecule has 0 unspecified atom stereocenters. The van der Waals surface area contributed by atoms with Crippen LogP contribution in [0.2, 0.25) is 0 Å². The zero-order valence-electron chi connectivity index (χ0n) is 7.18. The number of carboxylic acids is 1. The second-order valence-corrected chi connectivity index (χ2v) is 3.62. The van der Waals surface area contributed by atoms with Crippen molar-refractivity contribution in [3.05, 3.63) is 27.5 Å². The number of aromatic carboxylic acids is 1. The van der Waals surface area contributed by atoms with E-state index in [0.29, 0.717) is 0 Å². The van der Waals surface area contributed by atoms with Crippen molar-refractivity contribution in [1.29, 1.82) is 0 Å².